The lowest BCUT2D eigenvalue weighted by Gasteiger charge is -2.03. The van der Waals surface area contributed by atoms with Crippen LogP contribution in [0.3, 0.4) is 0 Å². The fourth-order valence-electron chi connectivity index (χ4n) is 2.29. The molecule has 0 N–H and O–H groups in total. The molecule has 0 atom stereocenters. The lowest BCUT2D eigenvalue weighted by molar-refractivity contribution is 0.831. The molecule has 0 aliphatic heterocycles. The Balaban J connectivity index is 2.11. The van der Waals surface area contributed by atoms with E-state index >= 15 is 0 Å². The maximum atomic E-state index is 6.13. The van der Waals surface area contributed by atoms with Gasteiger partial charge in [0.05, 0.1) is 11.4 Å². The van der Waals surface area contributed by atoms with Crippen LogP contribution in [0.2, 0.25) is 5.02 Å². The number of halogens is 1. The molecule has 0 saturated heterocycles. The molecule has 0 spiro atoms. The van der Waals surface area contributed by atoms with E-state index in [-0.39, 0.29) is 5.92 Å². The third kappa shape index (κ3) is 2.62. The Labute approximate surface area is 134 Å². The van der Waals surface area contributed by atoms with Crippen LogP contribution in [-0.2, 0) is 0 Å². The summed E-state index contributed by atoms with van der Waals surface area (Å²) in [6, 6.07) is 11.5. The largest absolute Gasteiger partial charge is 0.283 e. The van der Waals surface area contributed by atoms with Gasteiger partial charge in [-0.15, -0.1) is 10.2 Å². The zero-order valence-corrected chi connectivity index (χ0v) is 13.5. The van der Waals surface area contributed by atoms with Gasteiger partial charge in [-0.3, -0.25) is 4.40 Å². The molecule has 1 aromatic carbocycles. The molecule has 0 radical (unpaired) electrons. The Bertz CT molecular complexity index is 849. The molecule has 0 aliphatic carbocycles. The van der Waals surface area contributed by atoms with E-state index in [1.807, 2.05) is 53.9 Å². The van der Waals surface area contributed by atoms with Gasteiger partial charge in [-0.1, -0.05) is 37.6 Å². The number of benzene rings is 1. The van der Waals surface area contributed by atoms with Crippen LogP contribution in [0.15, 0.2) is 52.8 Å². The van der Waals surface area contributed by atoms with Crippen molar-refractivity contribution >= 4 is 28.8 Å². The Kier molecular flexibility index (Phi) is 3.94. The van der Waals surface area contributed by atoms with Gasteiger partial charge in [-0.05, 0) is 42.7 Å². The summed E-state index contributed by atoms with van der Waals surface area (Å²) in [5.74, 6) is 1.04. The van der Waals surface area contributed by atoms with E-state index in [0.717, 1.165) is 28.4 Å². The van der Waals surface area contributed by atoms with E-state index in [2.05, 4.69) is 29.1 Å². The molecule has 0 fully saturated rings. The summed E-state index contributed by atoms with van der Waals surface area (Å²) in [7, 11) is 0. The van der Waals surface area contributed by atoms with Crippen molar-refractivity contribution in [2.24, 2.45) is 10.2 Å². The lowest BCUT2D eigenvalue weighted by Crippen LogP contribution is -1.87. The van der Waals surface area contributed by atoms with Crippen molar-refractivity contribution < 1.29 is 0 Å². The Morgan fingerprint density at radius 2 is 1.91 bits per heavy atom. The van der Waals surface area contributed by atoms with Gasteiger partial charge in [-0.25, -0.2) is 4.98 Å². The van der Waals surface area contributed by atoms with Crippen molar-refractivity contribution in [1.82, 2.24) is 9.38 Å². The van der Waals surface area contributed by atoms with Crippen molar-refractivity contribution in [1.29, 1.82) is 0 Å². The van der Waals surface area contributed by atoms with Gasteiger partial charge < -0.3 is 0 Å². The van der Waals surface area contributed by atoms with Crippen LogP contribution in [0.25, 0.3) is 5.65 Å². The van der Waals surface area contributed by atoms with E-state index in [1.54, 1.807) is 0 Å². The number of hydrogen-bond acceptors (Lipinski definition) is 3. The van der Waals surface area contributed by atoms with Crippen molar-refractivity contribution in [3.8, 4) is 0 Å². The van der Waals surface area contributed by atoms with Gasteiger partial charge in [0.15, 0.2) is 5.82 Å². The zero-order valence-electron chi connectivity index (χ0n) is 12.8. The molecule has 2 heterocycles. The molecular weight excluding hydrogens is 296 g/mol. The van der Waals surface area contributed by atoms with Crippen LogP contribution in [0, 0.1) is 6.92 Å². The first-order valence-electron chi connectivity index (χ1n) is 7.21. The minimum Gasteiger partial charge on any atom is -0.283 e. The highest BCUT2D eigenvalue weighted by Gasteiger charge is 2.14. The maximum Gasteiger partial charge on any atom is 0.183 e. The van der Waals surface area contributed by atoms with Crippen LogP contribution < -0.4 is 0 Å². The number of fused-ring (bicyclic) bond motifs is 1. The molecule has 0 saturated carbocycles. The average Bonchev–Trinajstić information content (AvgIpc) is 2.88. The first-order valence-corrected chi connectivity index (χ1v) is 7.59. The molecule has 0 unspecified atom stereocenters. The first kappa shape index (κ1) is 14.7. The predicted molar refractivity (Wildman–Crippen MR) is 89.6 cm³/mol. The van der Waals surface area contributed by atoms with Crippen LogP contribution in [0.5, 0.6) is 0 Å². The quantitative estimate of drug-likeness (QED) is 0.560. The number of hydrogen-bond donors (Lipinski definition) is 0. The van der Waals surface area contributed by atoms with Crippen LogP contribution >= 0.6 is 11.6 Å². The molecule has 3 rings (SSSR count). The summed E-state index contributed by atoms with van der Waals surface area (Å²) in [6.45, 7) is 6.14. The molecular formula is C17H17ClN4. The topological polar surface area (TPSA) is 42.0 Å². The highest BCUT2D eigenvalue weighted by molar-refractivity contribution is 6.31. The van der Waals surface area contributed by atoms with Crippen LogP contribution in [0.4, 0.5) is 11.5 Å². The Morgan fingerprint density at radius 1 is 1.09 bits per heavy atom. The van der Waals surface area contributed by atoms with Crippen molar-refractivity contribution in [2.45, 2.75) is 26.7 Å². The van der Waals surface area contributed by atoms with E-state index in [4.69, 9.17) is 11.6 Å². The maximum absolute atomic E-state index is 6.13. The second kappa shape index (κ2) is 5.89. The molecule has 5 heteroatoms. The molecule has 3 aromatic rings. The predicted octanol–water partition coefficient (Wildman–Crippen LogP) is 5.83. The van der Waals surface area contributed by atoms with Crippen molar-refractivity contribution in [2.75, 3.05) is 0 Å². The second-order valence-corrected chi connectivity index (χ2v) is 5.90. The van der Waals surface area contributed by atoms with Crippen molar-refractivity contribution in [3.05, 3.63) is 58.9 Å². The van der Waals surface area contributed by atoms with E-state index in [1.165, 1.54) is 0 Å². The number of nitrogens with zero attached hydrogens (tertiary/aromatic N) is 4. The summed E-state index contributed by atoms with van der Waals surface area (Å²) in [5, 5.41) is 9.53. The first-order chi connectivity index (χ1) is 10.6. The van der Waals surface area contributed by atoms with Crippen LogP contribution in [0.1, 0.15) is 31.0 Å². The summed E-state index contributed by atoms with van der Waals surface area (Å²) in [5.41, 5.74) is 3.51. The van der Waals surface area contributed by atoms with Crippen LogP contribution in [-0.4, -0.2) is 9.38 Å². The molecule has 22 heavy (non-hydrogen) atoms. The standard InChI is InChI=1S/C17H17ClN4/c1-11(2)16-17(22-10-5-4-9-15(22)19-16)21-20-14-8-6-7-13(18)12(14)3/h4-11H,1-3H3. The highest BCUT2D eigenvalue weighted by atomic mass is 35.5. The van der Waals surface area contributed by atoms with E-state index in [0.29, 0.717) is 5.02 Å². The summed E-state index contributed by atoms with van der Waals surface area (Å²) in [4.78, 5) is 4.65. The zero-order chi connectivity index (χ0) is 15.7. The molecule has 2 aromatic heterocycles. The Hall–Kier alpha value is -2.20. The van der Waals surface area contributed by atoms with Gasteiger partial charge in [0.1, 0.15) is 5.65 Å². The lowest BCUT2D eigenvalue weighted by atomic mass is 10.1. The SMILES string of the molecule is Cc1c(Cl)cccc1N=Nc1c(C(C)C)nc2ccccn12. The third-order valence-corrected chi connectivity index (χ3v) is 3.98. The highest BCUT2D eigenvalue weighted by Crippen LogP contribution is 2.31. The Morgan fingerprint density at radius 3 is 2.68 bits per heavy atom. The number of pyridine rings is 1. The molecule has 0 bridgehead atoms. The van der Waals surface area contributed by atoms with Gasteiger partial charge in [0, 0.05) is 11.2 Å². The fourth-order valence-corrected chi connectivity index (χ4v) is 2.46. The minimum atomic E-state index is 0.273. The third-order valence-electron chi connectivity index (χ3n) is 3.57. The van der Waals surface area contributed by atoms with Crippen molar-refractivity contribution in [3.63, 3.8) is 0 Å². The number of rotatable bonds is 3. The van der Waals surface area contributed by atoms with E-state index in [9.17, 15) is 0 Å². The van der Waals surface area contributed by atoms with Gasteiger partial charge >= 0.3 is 0 Å². The summed E-state index contributed by atoms with van der Waals surface area (Å²) < 4.78 is 1.96. The summed E-state index contributed by atoms with van der Waals surface area (Å²) >= 11 is 6.13. The molecule has 0 amide bonds. The summed E-state index contributed by atoms with van der Waals surface area (Å²) in [6.07, 6.45) is 1.95. The number of azo groups is 1. The molecule has 4 nitrogen and oxygen atoms in total. The average molecular weight is 313 g/mol. The number of imidazole rings is 1. The van der Waals surface area contributed by atoms with Gasteiger partial charge in [0.25, 0.3) is 0 Å². The van der Waals surface area contributed by atoms with E-state index < -0.39 is 0 Å². The fraction of sp³-hybridized carbons (Fsp3) is 0.235. The smallest absolute Gasteiger partial charge is 0.183 e. The monoisotopic (exact) mass is 312 g/mol. The molecule has 112 valence electrons. The van der Waals surface area contributed by atoms with Gasteiger partial charge in [0.2, 0.25) is 0 Å². The normalized spacial score (nSPS) is 11.9. The second-order valence-electron chi connectivity index (χ2n) is 5.49. The van der Waals surface area contributed by atoms with Gasteiger partial charge in [-0.2, -0.15) is 0 Å². The number of aromatic nitrogens is 2. The minimum absolute atomic E-state index is 0.273. The molecule has 0 aliphatic rings.